The van der Waals surface area contributed by atoms with E-state index in [2.05, 4.69) is 20.3 Å². The van der Waals surface area contributed by atoms with Gasteiger partial charge in [0.1, 0.15) is 12.0 Å². The third-order valence-corrected chi connectivity index (χ3v) is 4.40. The summed E-state index contributed by atoms with van der Waals surface area (Å²) in [4.78, 5) is 25.0. The van der Waals surface area contributed by atoms with E-state index >= 15 is 0 Å². The van der Waals surface area contributed by atoms with Gasteiger partial charge >= 0.3 is 0 Å². The standard InChI is InChI=1S/C22H20N4O3/c1-15(11-17-6-2-3-9-24-17)25-22(27)19-13-29-21(26-19)14-28-20-7-4-5-16-12-23-10-8-18(16)20/h2-10,12-13,15H,11,14H2,1H3,(H,25,27). The van der Waals surface area contributed by atoms with Gasteiger partial charge in [0.05, 0.1) is 0 Å². The zero-order valence-corrected chi connectivity index (χ0v) is 15.9. The Kier molecular flexibility index (Phi) is 5.47. The molecule has 1 aromatic carbocycles. The molecule has 0 bridgehead atoms. The van der Waals surface area contributed by atoms with Gasteiger partial charge in [0.25, 0.3) is 5.91 Å². The highest BCUT2D eigenvalue weighted by Gasteiger charge is 2.16. The van der Waals surface area contributed by atoms with Crippen LogP contribution in [0.15, 0.2) is 71.7 Å². The van der Waals surface area contributed by atoms with Crippen LogP contribution in [0.4, 0.5) is 0 Å². The Morgan fingerprint density at radius 1 is 1.17 bits per heavy atom. The number of ether oxygens (including phenoxy) is 1. The highest BCUT2D eigenvalue weighted by atomic mass is 16.5. The van der Waals surface area contributed by atoms with Crippen LogP contribution in [0.2, 0.25) is 0 Å². The molecule has 4 aromatic rings. The first-order valence-corrected chi connectivity index (χ1v) is 9.30. The summed E-state index contributed by atoms with van der Waals surface area (Å²) < 4.78 is 11.2. The zero-order valence-electron chi connectivity index (χ0n) is 15.9. The summed E-state index contributed by atoms with van der Waals surface area (Å²) in [6.07, 6.45) is 7.21. The molecule has 0 fully saturated rings. The quantitative estimate of drug-likeness (QED) is 0.521. The molecule has 1 atom stereocenters. The molecule has 7 heteroatoms. The van der Waals surface area contributed by atoms with Crippen molar-refractivity contribution in [3.8, 4) is 5.75 Å². The molecule has 29 heavy (non-hydrogen) atoms. The van der Waals surface area contributed by atoms with E-state index in [0.717, 1.165) is 16.5 Å². The summed E-state index contributed by atoms with van der Waals surface area (Å²) >= 11 is 0. The topological polar surface area (TPSA) is 90.1 Å². The summed E-state index contributed by atoms with van der Waals surface area (Å²) in [6.45, 7) is 2.05. The normalized spacial score (nSPS) is 11.9. The molecule has 3 aromatic heterocycles. The number of aromatic nitrogens is 3. The lowest BCUT2D eigenvalue weighted by Gasteiger charge is -2.12. The number of nitrogens with zero attached hydrogens (tertiary/aromatic N) is 3. The summed E-state index contributed by atoms with van der Waals surface area (Å²) in [6, 6.07) is 13.3. The van der Waals surface area contributed by atoms with Crippen LogP contribution < -0.4 is 10.1 Å². The molecule has 0 radical (unpaired) electrons. The van der Waals surface area contributed by atoms with Crippen molar-refractivity contribution >= 4 is 16.7 Å². The number of benzene rings is 1. The van der Waals surface area contributed by atoms with Gasteiger partial charge in [0.15, 0.2) is 12.3 Å². The second kappa shape index (κ2) is 8.52. The lowest BCUT2D eigenvalue weighted by atomic mass is 10.1. The molecule has 3 heterocycles. The van der Waals surface area contributed by atoms with E-state index in [4.69, 9.17) is 9.15 Å². The minimum Gasteiger partial charge on any atom is -0.483 e. The molecule has 0 aliphatic carbocycles. The average Bonchev–Trinajstić information content (AvgIpc) is 3.22. The molecule has 0 aliphatic rings. The van der Waals surface area contributed by atoms with Crippen LogP contribution in [0.3, 0.4) is 0 Å². The van der Waals surface area contributed by atoms with Gasteiger partial charge in [0, 0.05) is 47.5 Å². The summed E-state index contributed by atoms with van der Waals surface area (Å²) in [5.41, 5.74) is 1.14. The van der Waals surface area contributed by atoms with Crippen LogP contribution in [0.1, 0.15) is 29.0 Å². The fourth-order valence-corrected chi connectivity index (χ4v) is 3.02. The minimum atomic E-state index is -0.292. The molecular weight excluding hydrogens is 368 g/mol. The number of pyridine rings is 2. The molecule has 0 spiro atoms. The smallest absolute Gasteiger partial charge is 0.273 e. The second-order valence-electron chi connectivity index (χ2n) is 6.67. The molecule has 1 N–H and O–H groups in total. The maximum absolute atomic E-state index is 12.4. The first-order chi connectivity index (χ1) is 14.2. The van der Waals surface area contributed by atoms with E-state index in [0.29, 0.717) is 18.1 Å². The van der Waals surface area contributed by atoms with Gasteiger partial charge in [-0.3, -0.25) is 14.8 Å². The Hall–Kier alpha value is -3.74. The third kappa shape index (κ3) is 4.57. The van der Waals surface area contributed by atoms with Crippen molar-refractivity contribution in [3.63, 3.8) is 0 Å². The fourth-order valence-electron chi connectivity index (χ4n) is 3.02. The number of hydrogen-bond donors (Lipinski definition) is 1. The fraction of sp³-hybridized carbons (Fsp3) is 0.182. The van der Waals surface area contributed by atoms with Crippen molar-refractivity contribution in [1.29, 1.82) is 0 Å². The van der Waals surface area contributed by atoms with Gasteiger partial charge < -0.3 is 14.5 Å². The molecule has 1 amide bonds. The zero-order chi connectivity index (χ0) is 20.1. The Bertz CT molecular complexity index is 1110. The number of carbonyl (C=O) groups is 1. The minimum absolute atomic E-state index is 0.0851. The first-order valence-electron chi connectivity index (χ1n) is 9.30. The third-order valence-electron chi connectivity index (χ3n) is 4.40. The number of nitrogens with one attached hydrogen (secondary N) is 1. The molecule has 4 rings (SSSR count). The van der Waals surface area contributed by atoms with Crippen LogP contribution in [0.5, 0.6) is 5.75 Å². The Labute approximate surface area is 167 Å². The maximum atomic E-state index is 12.4. The number of hydrogen-bond acceptors (Lipinski definition) is 6. The van der Waals surface area contributed by atoms with Crippen molar-refractivity contribution < 1.29 is 13.9 Å². The van der Waals surface area contributed by atoms with Crippen LogP contribution in [0.25, 0.3) is 10.8 Å². The Morgan fingerprint density at radius 3 is 2.97 bits per heavy atom. The average molecular weight is 388 g/mol. The summed E-state index contributed by atoms with van der Waals surface area (Å²) in [5.74, 6) is 0.747. The molecule has 0 saturated heterocycles. The lowest BCUT2D eigenvalue weighted by molar-refractivity contribution is 0.0935. The SMILES string of the molecule is CC(Cc1ccccn1)NC(=O)c1coc(COc2cccc3cnccc23)n1. The van der Waals surface area contributed by atoms with Crippen molar-refractivity contribution in [2.24, 2.45) is 0 Å². The van der Waals surface area contributed by atoms with Crippen molar-refractivity contribution in [1.82, 2.24) is 20.3 Å². The van der Waals surface area contributed by atoms with Gasteiger partial charge in [-0.1, -0.05) is 18.2 Å². The van der Waals surface area contributed by atoms with E-state index in [-0.39, 0.29) is 24.2 Å². The first kappa shape index (κ1) is 18.6. The Balaban J connectivity index is 1.36. The number of amides is 1. The number of fused-ring (bicyclic) bond motifs is 1. The molecule has 0 saturated carbocycles. The summed E-state index contributed by atoms with van der Waals surface area (Å²) in [7, 11) is 0. The van der Waals surface area contributed by atoms with E-state index in [9.17, 15) is 4.79 Å². The number of oxazole rings is 1. The summed E-state index contributed by atoms with van der Waals surface area (Å²) in [5, 5.41) is 4.85. The van der Waals surface area contributed by atoms with Gasteiger partial charge in [-0.25, -0.2) is 4.98 Å². The maximum Gasteiger partial charge on any atom is 0.273 e. The van der Waals surface area contributed by atoms with E-state index in [1.165, 1.54) is 6.26 Å². The monoisotopic (exact) mass is 388 g/mol. The van der Waals surface area contributed by atoms with Crippen LogP contribution in [0, 0.1) is 0 Å². The molecule has 1 unspecified atom stereocenters. The number of carbonyl (C=O) groups excluding carboxylic acids is 1. The second-order valence-corrected chi connectivity index (χ2v) is 6.67. The van der Waals surface area contributed by atoms with Gasteiger partial charge in [0.2, 0.25) is 5.89 Å². The number of rotatable bonds is 7. The van der Waals surface area contributed by atoms with Gasteiger partial charge in [-0.15, -0.1) is 0 Å². The van der Waals surface area contributed by atoms with Crippen LogP contribution >= 0.6 is 0 Å². The molecule has 146 valence electrons. The highest BCUT2D eigenvalue weighted by Crippen LogP contribution is 2.25. The predicted octanol–water partition coefficient (Wildman–Crippen LogP) is 3.56. The lowest BCUT2D eigenvalue weighted by Crippen LogP contribution is -2.34. The molecular formula is C22H20N4O3. The van der Waals surface area contributed by atoms with Gasteiger partial charge in [-0.2, -0.15) is 0 Å². The molecule has 7 nitrogen and oxygen atoms in total. The van der Waals surface area contributed by atoms with Crippen LogP contribution in [-0.4, -0.2) is 26.9 Å². The van der Waals surface area contributed by atoms with Crippen LogP contribution in [-0.2, 0) is 13.0 Å². The predicted molar refractivity (Wildman–Crippen MR) is 107 cm³/mol. The van der Waals surface area contributed by atoms with Crippen molar-refractivity contribution in [2.45, 2.75) is 26.0 Å². The highest BCUT2D eigenvalue weighted by molar-refractivity contribution is 5.92. The van der Waals surface area contributed by atoms with Crippen molar-refractivity contribution in [3.05, 3.63) is 84.6 Å². The molecule has 0 aliphatic heterocycles. The van der Waals surface area contributed by atoms with E-state index in [1.54, 1.807) is 18.6 Å². The van der Waals surface area contributed by atoms with E-state index < -0.39 is 0 Å². The Morgan fingerprint density at radius 2 is 2.10 bits per heavy atom. The van der Waals surface area contributed by atoms with E-state index in [1.807, 2.05) is 49.4 Å². The van der Waals surface area contributed by atoms with Gasteiger partial charge in [-0.05, 0) is 31.2 Å². The van der Waals surface area contributed by atoms with Crippen molar-refractivity contribution in [2.75, 3.05) is 0 Å². The largest absolute Gasteiger partial charge is 0.483 e.